The highest BCUT2D eigenvalue weighted by atomic mass is 32.2. The summed E-state index contributed by atoms with van der Waals surface area (Å²) in [4.78, 5) is 0.281. The largest absolute Gasteiger partial charge is 0.493 e. The molecule has 1 heterocycles. The van der Waals surface area contributed by atoms with Gasteiger partial charge in [0.05, 0.1) is 17.5 Å². The summed E-state index contributed by atoms with van der Waals surface area (Å²) < 4.78 is 33.0. The van der Waals surface area contributed by atoms with Gasteiger partial charge in [-0.15, -0.1) is 0 Å². The molecule has 0 bridgehead atoms. The molecule has 1 aliphatic heterocycles. The van der Waals surface area contributed by atoms with Crippen LogP contribution in [0.1, 0.15) is 18.0 Å². The van der Waals surface area contributed by atoms with E-state index in [0.29, 0.717) is 13.0 Å². The van der Waals surface area contributed by atoms with Gasteiger partial charge in [-0.05, 0) is 18.2 Å². The van der Waals surface area contributed by atoms with Crippen molar-refractivity contribution in [3.05, 3.63) is 60.2 Å². The molecule has 4 nitrogen and oxygen atoms in total. The number of hydrogen-bond donors (Lipinski definition) is 1. The van der Waals surface area contributed by atoms with Gasteiger partial charge in [0.2, 0.25) is 10.0 Å². The maximum atomic E-state index is 12.4. The van der Waals surface area contributed by atoms with Crippen LogP contribution in [0.2, 0.25) is 0 Å². The Balaban J connectivity index is 1.90. The van der Waals surface area contributed by atoms with E-state index < -0.39 is 10.0 Å². The van der Waals surface area contributed by atoms with Gasteiger partial charge in [-0.2, -0.15) is 0 Å². The van der Waals surface area contributed by atoms with Crippen molar-refractivity contribution < 1.29 is 13.2 Å². The van der Waals surface area contributed by atoms with Crippen molar-refractivity contribution >= 4 is 10.0 Å². The van der Waals surface area contributed by atoms with Crippen molar-refractivity contribution in [3.63, 3.8) is 0 Å². The smallest absolute Gasteiger partial charge is 0.241 e. The van der Waals surface area contributed by atoms with Gasteiger partial charge in [0.25, 0.3) is 0 Å². The number of para-hydroxylation sites is 1. The summed E-state index contributed by atoms with van der Waals surface area (Å²) in [7, 11) is -3.51. The van der Waals surface area contributed by atoms with E-state index in [1.807, 2.05) is 24.3 Å². The summed E-state index contributed by atoms with van der Waals surface area (Å²) in [5.74, 6) is 0.750. The minimum atomic E-state index is -3.51. The number of ether oxygens (including phenoxy) is 1. The molecule has 3 rings (SSSR count). The first kappa shape index (κ1) is 13.1. The quantitative estimate of drug-likeness (QED) is 0.944. The first-order valence-electron chi connectivity index (χ1n) is 6.46. The van der Waals surface area contributed by atoms with E-state index in [1.165, 1.54) is 0 Å². The molecular formula is C15H15NO3S. The lowest BCUT2D eigenvalue weighted by Gasteiger charge is -2.26. The molecule has 1 atom stereocenters. The molecular weight excluding hydrogens is 274 g/mol. The van der Waals surface area contributed by atoms with E-state index in [9.17, 15) is 8.42 Å². The number of benzene rings is 2. The van der Waals surface area contributed by atoms with Gasteiger partial charge in [0.1, 0.15) is 5.75 Å². The van der Waals surface area contributed by atoms with Crippen LogP contribution in [0, 0.1) is 0 Å². The Morgan fingerprint density at radius 2 is 1.70 bits per heavy atom. The Labute approximate surface area is 118 Å². The van der Waals surface area contributed by atoms with Gasteiger partial charge in [-0.25, -0.2) is 13.1 Å². The number of sulfonamides is 1. The number of hydrogen-bond acceptors (Lipinski definition) is 3. The topological polar surface area (TPSA) is 55.4 Å². The van der Waals surface area contributed by atoms with Gasteiger partial charge < -0.3 is 4.74 Å². The zero-order chi connectivity index (χ0) is 14.0. The summed E-state index contributed by atoms with van der Waals surface area (Å²) in [6, 6.07) is 15.7. The first-order valence-corrected chi connectivity index (χ1v) is 7.94. The molecule has 1 aliphatic rings. The van der Waals surface area contributed by atoms with Gasteiger partial charge in [-0.1, -0.05) is 36.4 Å². The molecule has 2 aromatic rings. The zero-order valence-electron chi connectivity index (χ0n) is 10.8. The minimum Gasteiger partial charge on any atom is -0.493 e. The lowest BCUT2D eigenvalue weighted by Crippen LogP contribution is -2.32. The Morgan fingerprint density at radius 1 is 1.00 bits per heavy atom. The molecule has 104 valence electrons. The second kappa shape index (κ2) is 5.26. The molecule has 5 heteroatoms. The van der Waals surface area contributed by atoms with Crippen LogP contribution in [0.15, 0.2) is 59.5 Å². The van der Waals surface area contributed by atoms with E-state index in [-0.39, 0.29) is 10.9 Å². The van der Waals surface area contributed by atoms with Crippen molar-refractivity contribution in [3.8, 4) is 5.75 Å². The summed E-state index contributed by atoms with van der Waals surface area (Å²) in [6.07, 6.45) is 0.628. The Hall–Kier alpha value is -1.85. The van der Waals surface area contributed by atoms with Crippen LogP contribution in [0.5, 0.6) is 5.75 Å². The molecule has 0 unspecified atom stereocenters. The Morgan fingerprint density at radius 3 is 2.50 bits per heavy atom. The maximum Gasteiger partial charge on any atom is 0.241 e. The van der Waals surface area contributed by atoms with Crippen LogP contribution in [0.3, 0.4) is 0 Å². The predicted octanol–water partition coefficient (Wildman–Crippen LogP) is 2.49. The van der Waals surface area contributed by atoms with Crippen molar-refractivity contribution in [1.82, 2.24) is 4.72 Å². The molecule has 0 aromatic heterocycles. The van der Waals surface area contributed by atoms with Gasteiger partial charge in [0, 0.05) is 12.0 Å². The highest BCUT2D eigenvalue weighted by molar-refractivity contribution is 7.89. The van der Waals surface area contributed by atoms with E-state index in [1.54, 1.807) is 30.3 Å². The molecule has 1 N–H and O–H groups in total. The molecule has 20 heavy (non-hydrogen) atoms. The predicted molar refractivity (Wildman–Crippen MR) is 76.1 cm³/mol. The lowest BCUT2D eigenvalue weighted by atomic mass is 10.0. The summed E-state index contributed by atoms with van der Waals surface area (Å²) in [5, 5.41) is 0. The second-order valence-corrected chi connectivity index (χ2v) is 6.38. The van der Waals surface area contributed by atoms with Crippen LogP contribution in [0.4, 0.5) is 0 Å². The van der Waals surface area contributed by atoms with E-state index in [0.717, 1.165) is 11.3 Å². The highest BCUT2D eigenvalue weighted by Crippen LogP contribution is 2.32. The summed E-state index contributed by atoms with van der Waals surface area (Å²) in [6.45, 7) is 0.513. The molecule has 0 saturated heterocycles. The number of nitrogens with one attached hydrogen (secondary N) is 1. The standard InChI is InChI=1S/C15H15NO3S/c17-20(18,12-6-2-1-3-7-12)16-14-10-11-19-15-9-5-4-8-13(14)15/h1-9,14,16H,10-11H2/t14-/m1/s1. The molecule has 0 fully saturated rings. The number of rotatable bonds is 3. The average molecular weight is 289 g/mol. The molecule has 0 saturated carbocycles. The third kappa shape index (κ3) is 2.55. The van der Waals surface area contributed by atoms with Crippen molar-refractivity contribution in [2.75, 3.05) is 6.61 Å². The SMILES string of the molecule is O=S(=O)(N[C@@H]1CCOc2ccccc21)c1ccccc1. The van der Waals surface area contributed by atoms with E-state index >= 15 is 0 Å². The summed E-state index contributed by atoms with van der Waals surface area (Å²) in [5.41, 5.74) is 0.887. The monoisotopic (exact) mass is 289 g/mol. The molecule has 2 aromatic carbocycles. The molecule has 0 amide bonds. The van der Waals surface area contributed by atoms with Crippen LogP contribution in [-0.4, -0.2) is 15.0 Å². The van der Waals surface area contributed by atoms with Crippen LogP contribution < -0.4 is 9.46 Å². The minimum absolute atomic E-state index is 0.245. The molecule has 0 aliphatic carbocycles. The van der Waals surface area contributed by atoms with Crippen molar-refractivity contribution in [2.45, 2.75) is 17.4 Å². The van der Waals surface area contributed by atoms with Crippen molar-refractivity contribution in [1.29, 1.82) is 0 Å². The Bertz CT molecular complexity index is 698. The third-order valence-corrected chi connectivity index (χ3v) is 4.80. The van der Waals surface area contributed by atoms with Crippen LogP contribution in [0.25, 0.3) is 0 Å². The fourth-order valence-electron chi connectivity index (χ4n) is 2.32. The van der Waals surface area contributed by atoms with Gasteiger partial charge >= 0.3 is 0 Å². The normalized spacial score (nSPS) is 18.1. The maximum absolute atomic E-state index is 12.4. The van der Waals surface area contributed by atoms with E-state index in [4.69, 9.17) is 4.74 Å². The molecule has 0 spiro atoms. The first-order chi connectivity index (χ1) is 9.67. The highest BCUT2D eigenvalue weighted by Gasteiger charge is 2.26. The lowest BCUT2D eigenvalue weighted by molar-refractivity contribution is 0.263. The van der Waals surface area contributed by atoms with Crippen molar-refractivity contribution in [2.24, 2.45) is 0 Å². The molecule has 0 radical (unpaired) electrons. The van der Waals surface area contributed by atoms with Crippen LogP contribution in [-0.2, 0) is 10.0 Å². The van der Waals surface area contributed by atoms with E-state index in [2.05, 4.69) is 4.72 Å². The third-order valence-electron chi connectivity index (χ3n) is 3.31. The average Bonchev–Trinajstić information content (AvgIpc) is 2.48. The number of fused-ring (bicyclic) bond motifs is 1. The van der Waals surface area contributed by atoms with Crippen LogP contribution >= 0.6 is 0 Å². The second-order valence-electron chi connectivity index (χ2n) is 4.66. The van der Waals surface area contributed by atoms with Gasteiger partial charge in [-0.3, -0.25) is 0 Å². The Kier molecular flexibility index (Phi) is 3.46. The summed E-state index contributed by atoms with van der Waals surface area (Å²) >= 11 is 0. The fraction of sp³-hybridized carbons (Fsp3) is 0.200. The van der Waals surface area contributed by atoms with Gasteiger partial charge in [0.15, 0.2) is 0 Å². The fourth-order valence-corrected chi connectivity index (χ4v) is 3.59. The zero-order valence-corrected chi connectivity index (χ0v) is 11.6.